The first kappa shape index (κ1) is 17.8. The van der Waals surface area contributed by atoms with Gasteiger partial charge in [0.25, 0.3) is 0 Å². The minimum atomic E-state index is 0. The lowest BCUT2D eigenvalue weighted by atomic mass is 9.68. The van der Waals surface area contributed by atoms with E-state index in [0.717, 1.165) is 51.5 Å². The molecule has 1 amide bonds. The maximum Gasteiger partial charge on any atom is 0.244 e. The molecule has 6 heteroatoms. The SMILES string of the molecule is CCNC(=NCC(=O)N1CCCC1)N1CCC2(CCC2)C1.I. The van der Waals surface area contributed by atoms with Crippen molar-refractivity contribution in [2.24, 2.45) is 10.4 Å². The number of likely N-dealkylation sites (tertiary alicyclic amines) is 2. The van der Waals surface area contributed by atoms with Gasteiger partial charge < -0.3 is 15.1 Å². The standard InChI is InChI=1S/C16H28N4O.HI/c1-2-17-15(18-12-14(21)19-9-3-4-10-19)20-11-8-16(13-20)6-5-7-16;/h2-13H2,1H3,(H,17,18);1H. The fourth-order valence-electron chi connectivity index (χ4n) is 3.84. The van der Waals surface area contributed by atoms with E-state index in [1.165, 1.54) is 25.7 Å². The van der Waals surface area contributed by atoms with Crippen molar-refractivity contribution < 1.29 is 4.79 Å². The van der Waals surface area contributed by atoms with E-state index in [1.54, 1.807) is 0 Å². The van der Waals surface area contributed by atoms with E-state index in [4.69, 9.17) is 0 Å². The van der Waals surface area contributed by atoms with E-state index in [2.05, 4.69) is 22.1 Å². The maximum atomic E-state index is 12.1. The third-order valence-corrected chi connectivity index (χ3v) is 5.31. The van der Waals surface area contributed by atoms with Crippen LogP contribution in [0.15, 0.2) is 4.99 Å². The minimum Gasteiger partial charge on any atom is -0.357 e. The Balaban J connectivity index is 0.00000176. The van der Waals surface area contributed by atoms with Crippen LogP contribution >= 0.6 is 24.0 Å². The molecule has 0 radical (unpaired) electrons. The highest BCUT2D eigenvalue weighted by molar-refractivity contribution is 14.0. The molecule has 1 N–H and O–H groups in total. The first-order valence-electron chi connectivity index (χ1n) is 8.53. The number of guanidine groups is 1. The van der Waals surface area contributed by atoms with Gasteiger partial charge >= 0.3 is 0 Å². The number of nitrogens with zero attached hydrogens (tertiary/aromatic N) is 3. The minimum absolute atomic E-state index is 0. The van der Waals surface area contributed by atoms with Crippen LogP contribution in [-0.4, -0.2) is 60.9 Å². The Morgan fingerprint density at radius 2 is 1.82 bits per heavy atom. The second kappa shape index (κ2) is 7.84. The Morgan fingerprint density at radius 3 is 2.36 bits per heavy atom. The van der Waals surface area contributed by atoms with Crippen LogP contribution in [0.1, 0.15) is 45.4 Å². The summed E-state index contributed by atoms with van der Waals surface area (Å²) in [6, 6.07) is 0. The predicted octanol–water partition coefficient (Wildman–Crippen LogP) is 2.07. The number of rotatable bonds is 3. The molecule has 0 bridgehead atoms. The number of hydrogen-bond acceptors (Lipinski definition) is 2. The van der Waals surface area contributed by atoms with Gasteiger partial charge in [-0.2, -0.15) is 0 Å². The van der Waals surface area contributed by atoms with Crippen LogP contribution in [0, 0.1) is 5.41 Å². The Bertz CT molecular complexity index is 416. The Kier molecular flexibility index (Phi) is 6.35. The van der Waals surface area contributed by atoms with Crippen molar-refractivity contribution in [3.05, 3.63) is 0 Å². The van der Waals surface area contributed by atoms with Gasteiger partial charge in [0.15, 0.2) is 5.96 Å². The summed E-state index contributed by atoms with van der Waals surface area (Å²) in [5, 5.41) is 3.36. The lowest BCUT2D eigenvalue weighted by Crippen LogP contribution is -2.43. The molecule has 1 saturated carbocycles. The molecule has 2 heterocycles. The summed E-state index contributed by atoms with van der Waals surface area (Å²) in [7, 11) is 0. The van der Waals surface area contributed by atoms with E-state index in [0.29, 0.717) is 12.0 Å². The van der Waals surface area contributed by atoms with Crippen LogP contribution in [0.2, 0.25) is 0 Å². The number of amides is 1. The summed E-state index contributed by atoms with van der Waals surface area (Å²) in [6.45, 7) is 7.29. The molecule has 3 aliphatic rings. The lowest BCUT2D eigenvalue weighted by molar-refractivity contribution is -0.128. The van der Waals surface area contributed by atoms with E-state index in [-0.39, 0.29) is 29.9 Å². The highest BCUT2D eigenvalue weighted by Crippen LogP contribution is 2.47. The van der Waals surface area contributed by atoms with Crippen LogP contribution in [0.3, 0.4) is 0 Å². The molecule has 2 saturated heterocycles. The number of carbonyl (C=O) groups excluding carboxylic acids is 1. The molecule has 3 fully saturated rings. The van der Waals surface area contributed by atoms with Gasteiger partial charge in [0.05, 0.1) is 0 Å². The highest BCUT2D eigenvalue weighted by Gasteiger charge is 2.43. The van der Waals surface area contributed by atoms with Crippen molar-refractivity contribution in [2.75, 3.05) is 39.3 Å². The van der Waals surface area contributed by atoms with Crippen LogP contribution < -0.4 is 5.32 Å². The average molecular weight is 420 g/mol. The van der Waals surface area contributed by atoms with Crippen molar-refractivity contribution >= 4 is 35.8 Å². The van der Waals surface area contributed by atoms with Gasteiger partial charge in [-0.3, -0.25) is 4.79 Å². The molecule has 22 heavy (non-hydrogen) atoms. The zero-order valence-electron chi connectivity index (χ0n) is 13.6. The molecular formula is C16H29IN4O. The zero-order valence-corrected chi connectivity index (χ0v) is 16.0. The Hall–Kier alpha value is -0.530. The Morgan fingerprint density at radius 1 is 1.09 bits per heavy atom. The number of halogens is 1. The van der Waals surface area contributed by atoms with Gasteiger partial charge in [0.1, 0.15) is 6.54 Å². The van der Waals surface area contributed by atoms with Crippen LogP contribution in [0.5, 0.6) is 0 Å². The molecule has 1 spiro atoms. The lowest BCUT2D eigenvalue weighted by Gasteiger charge is -2.38. The van der Waals surface area contributed by atoms with Gasteiger partial charge in [-0.05, 0) is 44.4 Å². The molecule has 0 aromatic carbocycles. The molecule has 0 aromatic heterocycles. The maximum absolute atomic E-state index is 12.1. The summed E-state index contributed by atoms with van der Waals surface area (Å²) in [5.41, 5.74) is 0.565. The third-order valence-electron chi connectivity index (χ3n) is 5.31. The first-order valence-corrected chi connectivity index (χ1v) is 8.53. The predicted molar refractivity (Wildman–Crippen MR) is 99.7 cm³/mol. The van der Waals surface area contributed by atoms with Crippen LogP contribution in [-0.2, 0) is 4.79 Å². The molecule has 2 aliphatic heterocycles. The summed E-state index contributed by atoms with van der Waals surface area (Å²) in [6.07, 6.45) is 7.70. The summed E-state index contributed by atoms with van der Waals surface area (Å²) in [4.78, 5) is 21.1. The first-order chi connectivity index (χ1) is 10.2. The van der Waals surface area contributed by atoms with Gasteiger partial charge in [0.2, 0.25) is 5.91 Å². The fourth-order valence-corrected chi connectivity index (χ4v) is 3.84. The summed E-state index contributed by atoms with van der Waals surface area (Å²) >= 11 is 0. The van der Waals surface area contributed by atoms with E-state index >= 15 is 0 Å². The topological polar surface area (TPSA) is 47.9 Å². The van der Waals surface area contributed by atoms with E-state index in [9.17, 15) is 4.79 Å². The highest BCUT2D eigenvalue weighted by atomic mass is 127. The molecule has 0 unspecified atom stereocenters. The molecule has 0 atom stereocenters. The number of carbonyl (C=O) groups is 1. The van der Waals surface area contributed by atoms with Crippen molar-refractivity contribution in [1.29, 1.82) is 0 Å². The Labute approximate surface area is 150 Å². The fraction of sp³-hybridized carbons (Fsp3) is 0.875. The molecule has 1 aliphatic carbocycles. The monoisotopic (exact) mass is 420 g/mol. The van der Waals surface area contributed by atoms with Gasteiger partial charge in [-0.25, -0.2) is 4.99 Å². The number of aliphatic imine (C=N–C) groups is 1. The molecular weight excluding hydrogens is 391 g/mol. The summed E-state index contributed by atoms with van der Waals surface area (Å²) < 4.78 is 0. The van der Waals surface area contributed by atoms with E-state index < -0.39 is 0 Å². The zero-order chi connectivity index (χ0) is 14.7. The molecule has 5 nitrogen and oxygen atoms in total. The van der Waals surface area contributed by atoms with E-state index in [1.807, 2.05) is 4.90 Å². The quantitative estimate of drug-likeness (QED) is 0.432. The van der Waals surface area contributed by atoms with Crippen molar-refractivity contribution in [3.63, 3.8) is 0 Å². The molecule has 0 aromatic rings. The number of nitrogens with one attached hydrogen (secondary N) is 1. The van der Waals surface area contributed by atoms with Crippen LogP contribution in [0.25, 0.3) is 0 Å². The molecule has 3 rings (SSSR count). The van der Waals surface area contributed by atoms with Gasteiger partial charge in [-0.15, -0.1) is 24.0 Å². The van der Waals surface area contributed by atoms with Gasteiger partial charge in [-0.1, -0.05) is 6.42 Å². The normalized spacial score (nSPS) is 23.4. The van der Waals surface area contributed by atoms with Crippen LogP contribution in [0.4, 0.5) is 0 Å². The second-order valence-electron chi connectivity index (χ2n) is 6.78. The third kappa shape index (κ3) is 3.86. The van der Waals surface area contributed by atoms with Crippen molar-refractivity contribution in [2.45, 2.75) is 45.4 Å². The van der Waals surface area contributed by atoms with Crippen molar-refractivity contribution in [1.82, 2.24) is 15.1 Å². The largest absolute Gasteiger partial charge is 0.357 e. The smallest absolute Gasteiger partial charge is 0.244 e. The second-order valence-corrected chi connectivity index (χ2v) is 6.78. The van der Waals surface area contributed by atoms with Crippen molar-refractivity contribution in [3.8, 4) is 0 Å². The summed E-state index contributed by atoms with van der Waals surface area (Å²) in [5.74, 6) is 1.12. The average Bonchev–Trinajstić information content (AvgIpc) is 3.10. The van der Waals surface area contributed by atoms with Gasteiger partial charge in [0, 0.05) is 32.7 Å². The number of hydrogen-bond donors (Lipinski definition) is 1. The molecule has 126 valence electrons.